The quantitative estimate of drug-likeness (QED) is 0.568. The van der Waals surface area contributed by atoms with Crippen LogP contribution in [0.5, 0.6) is 0 Å². The molecular weight excluding hydrogens is 251 g/mol. The van der Waals surface area contributed by atoms with Crippen LogP contribution in [0.1, 0.15) is 0 Å². The fourth-order valence-corrected chi connectivity index (χ4v) is 1.91. The highest BCUT2D eigenvalue weighted by atomic mass is 127. The SMILES string of the molecule is IN1CCNc2ccccc21. The highest BCUT2D eigenvalue weighted by molar-refractivity contribution is 14.1. The fourth-order valence-electron chi connectivity index (χ4n) is 1.24. The van der Waals surface area contributed by atoms with E-state index in [0.717, 1.165) is 13.1 Å². The minimum absolute atomic E-state index is 1.04. The monoisotopic (exact) mass is 260 g/mol. The molecule has 0 aliphatic carbocycles. The molecule has 1 N–H and O–H groups in total. The molecule has 1 heterocycles. The van der Waals surface area contributed by atoms with E-state index >= 15 is 0 Å². The Kier molecular flexibility index (Phi) is 1.89. The van der Waals surface area contributed by atoms with Crippen LogP contribution in [-0.4, -0.2) is 13.1 Å². The Balaban J connectivity index is 2.44. The van der Waals surface area contributed by atoms with Gasteiger partial charge in [0.05, 0.1) is 34.2 Å². The van der Waals surface area contributed by atoms with E-state index in [9.17, 15) is 0 Å². The van der Waals surface area contributed by atoms with Crippen molar-refractivity contribution in [1.29, 1.82) is 0 Å². The van der Waals surface area contributed by atoms with Gasteiger partial charge in [0.25, 0.3) is 0 Å². The van der Waals surface area contributed by atoms with Gasteiger partial charge in [-0.3, -0.25) is 0 Å². The normalized spacial score (nSPS) is 15.5. The zero-order valence-electron chi connectivity index (χ0n) is 6.05. The van der Waals surface area contributed by atoms with E-state index in [4.69, 9.17) is 0 Å². The topological polar surface area (TPSA) is 15.3 Å². The van der Waals surface area contributed by atoms with Crippen molar-refractivity contribution < 1.29 is 0 Å². The Bertz CT molecular complexity index is 262. The number of halogens is 1. The van der Waals surface area contributed by atoms with E-state index in [1.54, 1.807) is 0 Å². The van der Waals surface area contributed by atoms with E-state index in [1.165, 1.54) is 11.4 Å². The molecule has 0 radical (unpaired) electrons. The van der Waals surface area contributed by atoms with Crippen molar-refractivity contribution in [3.8, 4) is 0 Å². The molecule has 2 rings (SSSR count). The largest absolute Gasteiger partial charge is 0.382 e. The molecule has 11 heavy (non-hydrogen) atoms. The molecule has 0 spiro atoms. The maximum absolute atomic E-state index is 3.35. The molecule has 0 amide bonds. The predicted octanol–water partition coefficient (Wildman–Crippen LogP) is 2.27. The van der Waals surface area contributed by atoms with Gasteiger partial charge in [-0.2, -0.15) is 0 Å². The lowest BCUT2D eigenvalue weighted by Gasteiger charge is -2.26. The number of nitrogens with one attached hydrogen (secondary N) is 1. The first-order valence-electron chi connectivity index (χ1n) is 3.64. The summed E-state index contributed by atoms with van der Waals surface area (Å²) in [5, 5.41) is 3.35. The number of anilines is 2. The molecule has 1 aromatic rings. The average molecular weight is 260 g/mol. The third-order valence-corrected chi connectivity index (χ3v) is 2.79. The molecule has 0 aromatic heterocycles. The third kappa shape index (κ3) is 1.29. The van der Waals surface area contributed by atoms with Gasteiger partial charge in [-0.15, -0.1) is 0 Å². The summed E-state index contributed by atoms with van der Waals surface area (Å²) >= 11 is 2.34. The second kappa shape index (κ2) is 2.89. The standard InChI is InChI=1S/C8H9IN2/c9-11-6-5-10-7-3-1-2-4-8(7)11/h1-4,10H,5-6H2. The van der Waals surface area contributed by atoms with Crippen LogP contribution in [0.15, 0.2) is 24.3 Å². The molecule has 58 valence electrons. The fraction of sp³-hybridized carbons (Fsp3) is 0.250. The summed E-state index contributed by atoms with van der Waals surface area (Å²) in [4.78, 5) is 0. The number of benzene rings is 1. The van der Waals surface area contributed by atoms with Gasteiger partial charge in [0.2, 0.25) is 0 Å². The van der Waals surface area contributed by atoms with Crippen molar-refractivity contribution in [3.05, 3.63) is 24.3 Å². The number of fused-ring (bicyclic) bond motifs is 1. The summed E-state index contributed by atoms with van der Waals surface area (Å²) < 4.78 is 2.24. The lowest BCUT2D eigenvalue weighted by Crippen LogP contribution is -2.25. The lowest BCUT2D eigenvalue weighted by atomic mass is 10.2. The minimum atomic E-state index is 1.04. The van der Waals surface area contributed by atoms with Crippen LogP contribution in [0.2, 0.25) is 0 Å². The predicted molar refractivity (Wildman–Crippen MR) is 56.3 cm³/mol. The Morgan fingerprint density at radius 1 is 1.36 bits per heavy atom. The molecule has 1 aromatic carbocycles. The van der Waals surface area contributed by atoms with Crippen LogP contribution < -0.4 is 8.43 Å². The first kappa shape index (κ1) is 7.21. The van der Waals surface area contributed by atoms with Crippen LogP contribution in [0.25, 0.3) is 0 Å². The lowest BCUT2D eigenvalue weighted by molar-refractivity contribution is 1.00. The number of nitrogens with zero attached hydrogens (tertiary/aromatic N) is 1. The minimum Gasteiger partial charge on any atom is -0.382 e. The van der Waals surface area contributed by atoms with Gasteiger partial charge in [0.15, 0.2) is 0 Å². The molecule has 1 aliphatic heterocycles. The zero-order chi connectivity index (χ0) is 7.68. The smallest absolute Gasteiger partial charge is 0.0689 e. The van der Waals surface area contributed by atoms with E-state index in [1.807, 2.05) is 0 Å². The van der Waals surface area contributed by atoms with Crippen molar-refractivity contribution in [1.82, 2.24) is 0 Å². The van der Waals surface area contributed by atoms with Crippen molar-refractivity contribution in [3.63, 3.8) is 0 Å². The van der Waals surface area contributed by atoms with Crippen molar-refractivity contribution in [2.75, 3.05) is 21.5 Å². The summed E-state index contributed by atoms with van der Waals surface area (Å²) in [5.41, 5.74) is 2.53. The Labute approximate surface area is 80.1 Å². The molecular formula is C8H9IN2. The van der Waals surface area contributed by atoms with Crippen LogP contribution in [-0.2, 0) is 0 Å². The van der Waals surface area contributed by atoms with Crippen molar-refractivity contribution >= 4 is 34.2 Å². The molecule has 0 fully saturated rings. The highest BCUT2D eigenvalue weighted by Gasteiger charge is 2.11. The zero-order valence-corrected chi connectivity index (χ0v) is 8.21. The van der Waals surface area contributed by atoms with Crippen LogP contribution in [0.4, 0.5) is 11.4 Å². The molecule has 3 heteroatoms. The summed E-state index contributed by atoms with van der Waals surface area (Å²) in [7, 11) is 0. The van der Waals surface area contributed by atoms with Crippen LogP contribution in [0, 0.1) is 0 Å². The van der Waals surface area contributed by atoms with E-state index in [2.05, 4.69) is 55.6 Å². The number of hydrogen-bond acceptors (Lipinski definition) is 2. The van der Waals surface area contributed by atoms with E-state index in [0.29, 0.717) is 0 Å². The van der Waals surface area contributed by atoms with Crippen LogP contribution in [0.3, 0.4) is 0 Å². The maximum Gasteiger partial charge on any atom is 0.0689 e. The van der Waals surface area contributed by atoms with Gasteiger partial charge in [0, 0.05) is 13.1 Å². The Hall–Kier alpha value is -0.450. The number of para-hydroxylation sites is 2. The maximum atomic E-state index is 3.35. The first-order chi connectivity index (χ1) is 5.38. The van der Waals surface area contributed by atoms with Gasteiger partial charge in [0.1, 0.15) is 0 Å². The summed E-state index contributed by atoms with van der Waals surface area (Å²) in [6, 6.07) is 8.37. The third-order valence-electron chi connectivity index (χ3n) is 1.79. The summed E-state index contributed by atoms with van der Waals surface area (Å²) in [5.74, 6) is 0. The molecule has 1 aliphatic rings. The van der Waals surface area contributed by atoms with Crippen molar-refractivity contribution in [2.24, 2.45) is 0 Å². The summed E-state index contributed by atoms with van der Waals surface area (Å²) in [6.45, 7) is 2.12. The Morgan fingerprint density at radius 2 is 2.18 bits per heavy atom. The van der Waals surface area contributed by atoms with E-state index < -0.39 is 0 Å². The van der Waals surface area contributed by atoms with E-state index in [-0.39, 0.29) is 0 Å². The highest BCUT2D eigenvalue weighted by Crippen LogP contribution is 2.30. The van der Waals surface area contributed by atoms with Crippen molar-refractivity contribution in [2.45, 2.75) is 0 Å². The second-order valence-electron chi connectivity index (χ2n) is 2.53. The number of rotatable bonds is 0. The average Bonchev–Trinajstić information content (AvgIpc) is 2.06. The van der Waals surface area contributed by atoms with Crippen LogP contribution >= 0.6 is 22.9 Å². The molecule has 0 bridgehead atoms. The molecule has 0 atom stereocenters. The summed E-state index contributed by atoms with van der Waals surface area (Å²) in [6.07, 6.45) is 0. The van der Waals surface area contributed by atoms with Gasteiger partial charge in [-0.25, -0.2) is 0 Å². The molecule has 0 unspecified atom stereocenters. The van der Waals surface area contributed by atoms with Gasteiger partial charge >= 0.3 is 0 Å². The first-order valence-corrected chi connectivity index (χ1v) is 4.60. The molecule has 0 saturated carbocycles. The number of hydrogen-bond donors (Lipinski definition) is 1. The van der Waals surface area contributed by atoms with Gasteiger partial charge in [-0.05, 0) is 12.1 Å². The molecule has 0 saturated heterocycles. The van der Waals surface area contributed by atoms with Gasteiger partial charge < -0.3 is 8.43 Å². The Morgan fingerprint density at radius 3 is 3.00 bits per heavy atom. The molecule has 2 nitrogen and oxygen atoms in total. The van der Waals surface area contributed by atoms with Gasteiger partial charge in [-0.1, -0.05) is 12.1 Å². The second-order valence-corrected chi connectivity index (χ2v) is 3.69.